The monoisotopic (exact) mass is 271 g/mol. The Balaban J connectivity index is 2.27. The van der Waals surface area contributed by atoms with Crippen LogP contribution in [-0.4, -0.2) is 35.7 Å². The lowest BCUT2D eigenvalue weighted by Crippen LogP contribution is -2.34. The molecular weight excluding hydrogens is 250 g/mol. The summed E-state index contributed by atoms with van der Waals surface area (Å²) >= 11 is 7.67. The van der Waals surface area contributed by atoms with Crippen LogP contribution in [0, 0.1) is 0 Å². The quantitative estimate of drug-likeness (QED) is 0.517. The first-order valence-electron chi connectivity index (χ1n) is 6.22. The lowest BCUT2D eigenvalue weighted by molar-refractivity contribution is 0.237. The third-order valence-corrected chi connectivity index (χ3v) is 3.96. The van der Waals surface area contributed by atoms with E-state index in [-0.39, 0.29) is 0 Å². The zero-order valence-corrected chi connectivity index (χ0v) is 12.3. The van der Waals surface area contributed by atoms with E-state index in [0.29, 0.717) is 6.04 Å². The molecule has 0 aliphatic heterocycles. The summed E-state index contributed by atoms with van der Waals surface area (Å²) in [6.45, 7) is 6.74. The molecule has 0 aliphatic rings. The Bertz CT molecular complexity index is 290. The van der Waals surface area contributed by atoms with Gasteiger partial charge < -0.3 is 4.90 Å². The van der Waals surface area contributed by atoms with E-state index >= 15 is 0 Å². The van der Waals surface area contributed by atoms with Crippen LogP contribution >= 0.6 is 23.4 Å². The van der Waals surface area contributed by atoms with Crippen molar-refractivity contribution in [1.29, 1.82) is 0 Å². The van der Waals surface area contributed by atoms with Crippen LogP contribution < -0.4 is 0 Å². The SMILES string of the molecule is CC(C)N(CCCCl)CCSc1ccccc1. The van der Waals surface area contributed by atoms with Crippen molar-refractivity contribution in [3.8, 4) is 0 Å². The van der Waals surface area contributed by atoms with E-state index in [1.165, 1.54) is 4.90 Å². The molecule has 1 nitrogen and oxygen atoms in total. The summed E-state index contributed by atoms with van der Waals surface area (Å²) in [6, 6.07) is 11.2. The van der Waals surface area contributed by atoms with Crippen molar-refractivity contribution in [2.24, 2.45) is 0 Å². The fourth-order valence-corrected chi connectivity index (χ4v) is 2.72. The molecule has 0 radical (unpaired) electrons. The molecule has 0 aliphatic carbocycles. The molecule has 3 heteroatoms. The Hall–Kier alpha value is -0.180. The summed E-state index contributed by atoms with van der Waals surface area (Å²) in [7, 11) is 0. The topological polar surface area (TPSA) is 3.24 Å². The first-order valence-corrected chi connectivity index (χ1v) is 7.74. The number of rotatable bonds is 8. The highest BCUT2D eigenvalue weighted by molar-refractivity contribution is 7.99. The molecular formula is C14H22ClNS. The second kappa shape index (κ2) is 8.84. The molecule has 0 unspecified atom stereocenters. The summed E-state index contributed by atoms with van der Waals surface area (Å²) in [4.78, 5) is 3.85. The van der Waals surface area contributed by atoms with Gasteiger partial charge in [-0.25, -0.2) is 0 Å². The van der Waals surface area contributed by atoms with Crippen LogP contribution in [0.3, 0.4) is 0 Å². The van der Waals surface area contributed by atoms with Gasteiger partial charge in [0.15, 0.2) is 0 Å². The summed E-state index contributed by atoms with van der Waals surface area (Å²) < 4.78 is 0. The van der Waals surface area contributed by atoms with Crippen molar-refractivity contribution < 1.29 is 0 Å². The van der Waals surface area contributed by atoms with Crippen LogP contribution in [0.15, 0.2) is 35.2 Å². The standard InChI is InChI=1S/C14H22ClNS/c1-13(2)16(10-6-9-15)11-12-17-14-7-4-3-5-8-14/h3-5,7-8,13H,6,9-12H2,1-2H3. The van der Waals surface area contributed by atoms with Gasteiger partial charge in [0.05, 0.1) is 0 Å². The van der Waals surface area contributed by atoms with Gasteiger partial charge in [0.2, 0.25) is 0 Å². The van der Waals surface area contributed by atoms with Crippen molar-refractivity contribution in [1.82, 2.24) is 4.90 Å². The van der Waals surface area contributed by atoms with Gasteiger partial charge in [-0.2, -0.15) is 0 Å². The maximum Gasteiger partial charge on any atom is 0.0235 e. The second-order valence-corrected chi connectivity index (χ2v) is 5.88. The molecule has 0 spiro atoms. The summed E-state index contributed by atoms with van der Waals surface area (Å²) in [5.74, 6) is 1.90. The van der Waals surface area contributed by atoms with E-state index in [0.717, 1.165) is 31.1 Å². The van der Waals surface area contributed by atoms with Crippen molar-refractivity contribution in [2.75, 3.05) is 24.7 Å². The Morgan fingerprint density at radius 1 is 1.18 bits per heavy atom. The Morgan fingerprint density at radius 3 is 2.47 bits per heavy atom. The average Bonchev–Trinajstić information content (AvgIpc) is 2.34. The predicted molar refractivity (Wildman–Crippen MR) is 79.2 cm³/mol. The summed E-state index contributed by atoms with van der Waals surface area (Å²) in [5, 5.41) is 0. The lowest BCUT2D eigenvalue weighted by atomic mass is 10.3. The van der Waals surface area contributed by atoms with Gasteiger partial charge in [-0.3, -0.25) is 0 Å². The number of thioether (sulfide) groups is 1. The van der Waals surface area contributed by atoms with Crippen molar-refractivity contribution >= 4 is 23.4 Å². The molecule has 0 fully saturated rings. The molecule has 0 atom stereocenters. The fourth-order valence-electron chi connectivity index (χ4n) is 1.69. The normalized spacial score (nSPS) is 11.4. The highest BCUT2D eigenvalue weighted by Gasteiger charge is 2.08. The van der Waals surface area contributed by atoms with Crippen LogP contribution in [0.2, 0.25) is 0 Å². The van der Waals surface area contributed by atoms with E-state index in [1.54, 1.807) is 0 Å². The van der Waals surface area contributed by atoms with Gasteiger partial charge in [0.1, 0.15) is 0 Å². The minimum absolute atomic E-state index is 0.606. The number of nitrogens with zero attached hydrogens (tertiary/aromatic N) is 1. The molecule has 0 saturated carbocycles. The molecule has 0 bridgehead atoms. The maximum atomic E-state index is 5.75. The molecule has 0 aromatic heterocycles. The number of hydrogen-bond donors (Lipinski definition) is 0. The largest absolute Gasteiger partial charge is 0.300 e. The molecule has 1 aromatic carbocycles. The minimum Gasteiger partial charge on any atom is -0.300 e. The Morgan fingerprint density at radius 2 is 1.88 bits per heavy atom. The van der Waals surface area contributed by atoms with Gasteiger partial charge >= 0.3 is 0 Å². The average molecular weight is 272 g/mol. The summed E-state index contributed by atoms with van der Waals surface area (Å²) in [6.07, 6.45) is 1.08. The molecule has 0 heterocycles. The van der Waals surface area contributed by atoms with E-state index in [4.69, 9.17) is 11.6 Å². The lowest BCUT2D eigenvalue weighted by Gasteiger charge is -2.25. The zero-order chi connectivity index (χ0) is 12.5. The maximum absolute atomic E-state index is 5.75. The molecule has 0 saturated heterocycles. The third-order valence-electron chi connectivity index (χ3n) is 2.70. The van der Waals surface area contributed by atoms with Crippen LogP contribution in [0.25, 0.3) is 0 Å². The van der Waals surface area contributed by atoms with Crippen molar-refractivity contribution in [3.63, 3.8) is 0 Å². The minimum atomic E-state index is 0.606. The Labute approximate surface area is 115 Å². The molecule has 96 valence electrons. The number of halogens is 1. The first kappa shape index (κ1) is 14.9. The van der Waals surface area contributed by atoms with Crippen LogP contribution in [-0.2, 0) is 0 Å². The highest BCUT2D eigenvalue weighted by atomic mass is 35.5. The third kappa shape index (κ3) is 6.35. The molecule has 0 N–H and O–H groups in total. The molecule has 1 rings (SSSR count). The van der Waals surface area contributed by atoms with Gasteiger partial charge in [-0.15, -0.1) is 23.4 Å². The fraction of sp³-hybridized carbons (Fsp3) is 0.571. The Kier molecular flexibility index (Phi) is 7.74. The molecule has 1 aromatic rings. The van der Waals surface area contributed by atoms with Gasteiger partial charge in [-0.1, -0.05) is 18.2 Å². The van der Waals surface area contributed by atoms with E-state index in [2.05, 4.69) is 49.1 Å². The van der Waals surface area contributed by atoms with Gasteiger partial charge in [0.25, 0.3) is 0 Å². The van der Waals surface area contributed by atoms with E-state index in [1.807, 2.05) is 11.8 Å². The van der Waals surface area contributed by atoms with E-state index < -0.39 is 0 Å². The van der Waals surface area contributed by atoms with Crippen molar-refractivity contribution in [3.05, 3.63) is 30.3 Å². The number of alkyl halides is 1. The highest BCUT2D eigenvalue weighted by Crippen LogP contribution is 2.17. The van der Waals surface area contributed by atoms with Gasteiger partial charge in [0, 0.05) is 29.1 Å². The van der Waals surface area contributed by atoms with Crippen molar-refractivity contribution in [2.45, 2.75) is 31.2 Å². The molecule has 17 heavy (non-hydrogen) atoms. The smallest absolute Gasteiger partial charge is 0.0235 e. The number of benzene rings is 1. The van der Waals surface area contributed by atoms with Crippen LogP contribution in [0.1, 0.15) is 20.3 Å². The first-order chi connectivity index (χ1) is 8.24. The molecule has 0 amide bonds. The van der Waals surface area contributed by atoms with Gasteiger partial charge in [-0.05, 0) is 38.9 Å². The summed E-state index contributed by atoms with van der Waals surface area (Å²) in [5.41, 5.74) is 0. The predicted octanol–water partition coefficient (Wildman–Crippen LogP) is 4.12. The van der Waals surface area contributed by atoms with Crippen LogP contribution in [0.4, 0.5) is 0 Å². The number of hydrogen-bond acceptors (Lipinski definition) is 2. The zero-order valence-electron chi connectivity index (χ0n) is 10.7. The van der Waals surface area contributed by atoms with E-state index in [9.17, 15) is 0 Å². The second-order valence-electron chi connectivity index (χ2n) is 4.33. The van der Waals surface area contributed by atoms with Crippen LogP contribution in [0.5, 0.6) is 0 Å².